The second kappa shape index (κ2) is 6.51. The van der Waals surface area contributed by atoms with Crippen LogP contribution < -0.4 is 5.73 Å². The molecule has 0 saturated heterocycles. The summed E-state index contributed by atoms with van der Waals surface area (Å²) in [6.07, 6.45) is 0.523. The Kier molecular flexibility index (Phi) is 5.61. The van der Waals surface area contributed by atoms with Gasteiger partial charge in [0, 0.05) is 28.6 Å². The Balaban J connectivity index is 2.81. The van der Waals surface area contributed by atoms with Crippen LogP contribution in [0.5, 0.6) is 0 Å². The molecule has 92 valence electrons. The van der Waals surface area contributed by atoms with E-state index < -0.39 is 0 Å². The lowest BCUT2D eigenvalue weighted by molar-refractivity contribution is 0.0798. The summed E-state index contributed by atoms with van der Waals surface area (Å²) in [7, 11) is 1.72. The first-order valence-corrected chi connectivity index (χ1v) is 6.77. The molecule has 0 fully saturated rings. The van der Waals surface area contributed by atoms with Crippen LogP contribution in [-0.2, 0) is 0 Å². The molecule has 0 aliphatic heterocycles. The monoisotopic (exact) mass is 382 g/mol. The van der Waals surface area contributed by atoms with Gasteiger partial charge in [-0.15, -0.1) is 0 Å². The number of carbonyl (C=O) groups excluding carboxylic acids is 1. The van der Waals surface area contributed by atoms with Gasteiger partial charge in [-0.2, -0.15) is 0 Å². The van der Waals surface area contributed by atoms with Gasteiger partial charge >= 0.3 is 0 Å². The van der Waals surface area contributed by atoms with Gasteiger partial charge in [0.05, 0.1) is 10.6 Å². The summed E-state index contributed by atoms with van der Waals surface area (Å²) in [5.41, 5.74) is 6.00. The van der Waals surface area contributed by atoms with Crippen molar-refractivity contribution >= 4 is 57.3 Å². The van der Waals surface area contributed by atoms with Crippen molar-refractivity contribution in [3.8, 4) is 0 Å². The Morgan fingerprint density at radius 3 is 2.82 bits per heavy atom. The highest BCUT2D eigenvalue weighted by atomic mass is 127. The lowest BCUT2D eigenvalue weighted by atomic mass is 10.2. The molecule has 0 saturated carbocycles. The first-order chi connectivity index (χ1) is 7.91. The molecule has 0 spiro atoms. The topological polar surface area (TPSA) is 46.3 Å². The van der Waals surface area contributed by atoms with Crippen LogP contribution in [-0.4, -0.2) is 29.4 Å². The third-order valence-corrected chi connectivity index (χ3v) is 3.58. The number of rotatable bonds is 4. The average Bonchev–Trinajstić information content (AvgIpc) is 2.28. The highest BCUT2D eigenvalue weighted by molar-refractivity contribution is 14.1. The highest BCUT2D eigenvalue weighted by Crippen LogP contribution is 2.19. The molecule has 1 amide bonds. The fourth-order valence-electron chi connectivity index (χ4n) is 1.25. The number of carbonyl (C=O) groups is 1. The Labute approximate surface area is 124 Å². The molecule has 17 heavy (non-hydrogen) atoms. The van der Waals surface area contributed by atoms with Crippen molar-refractivity contribution in [3.05, 3.63) is 32.4 Å². The van der Waals surface area contributed by atoms with Crippen LogP contribution in [0.2, 0.25) is 5.02 Å². The van der Waals surface area contributed by atoms with Gasteiger partial charge in [-0.25, -0.2) is 0 Å². The highest BCUT2D eigenvalue weighted by Gasteiger charge is 2.15. The molecule has 0 aromatic heterocycles. The number of hydrogen-bond acceptors (Lipinski definition) is 2. The predicted molar refractivity (Wildman–Crippen MR) is 82.5 cm³/mol. The van der Waals surface area contributed by atoms with Gasteiger partial charge in [-0.1, -0.05) is 23.8 Å². The van der Waals surface area contributed by atoms with Crippen molar-refractivity contribution in [2.75, 3.05) is 13.6 Å². The number of hydrogen-bond donors (Lipinski definition) is 1. The Morgan fingerprint density at radius 2 is 2.24 bits per heavy atom. The van der Waals surface area contributed by atoms with Crippen LogP contribution in [0.25, 0.3) is 0 Å². The number of halogens is 2. The molecule has 3 nitrogen and oxygen atoms in total. The third kappa shape index (κ3) is 4.40. The maximum atomic E-state index is 12.1. The number of amides is 1. The molecule has 6 heteroatoms. The normalized spacial score (nSPS) is 10.1. The quantitative estimate of drug-likeness (QED) is 0.643. The van der Waals surface area contributed by atoms with Crippen LogP contribution in [0.1, 0.15) is 16.8 Å². The fourth-order valence-corrected chi connectivity index (χ4v) is 2.08. The first kappa shape index (κ1) is 14.7. The van der Waals surface area contributed by atoms with E-state index in [1.807, 2.05) is 6.07 Å². The maximum absolute atomic E-state index is 12.1. The largest absolute Gasteiger partial charge is 0.393 e. The maximum Gasteiger partial charge on any atom is 0.254 e. The Bertz CT molecular complexity index is 453. The lowest BCUT2D eigenvalue weighted by Crippen LogP contribution is -2.30. The minimum atomic E-state index is -0.0758. The molecule has 2 N–H and O–H groups in total. The van der Waals surface area contributed by atoms with Crippen molar-refractivity contribution in [1.82, 2.24) is 4.90 Å². The molecular weight excluding hydrogens is 371 g/mol. The van der Waals surface area contributed by atoms with E-state index >= 15 is 0 Å². The smallest absolute Gasteiger partial charge is 0.254 e. The number of nitrogens with zero attached hydrogens (tertiary/aromatic N) is 1. The Hall–Kier alpha value is -0.400. The summed E-state index contributed by atoms with van der Waals surface area (Å²) < 4.78 is 0.874. The molecule has 1 aromatic rings. The van der Waals surface area contributed by atoms with Gasteiger partial charge in [0.25, 0.3) is 5.91 Å². The molecule has 1 aromatic carbocycles. The molecule has 0 aliphatic carbocycles. The van der Waals surface area contributed by atoms with E-state index in [4.69, 9.17) is 29.6 Å². The standard InChI is InChI=1S/C11H12ClIN2OS/c1-15(5-4-10(14)17)11(16)8-6-7(12)2-3-9(8)13/h2-3,6H,4-5H2,1H3,(H2,14,17). The van der Waals surface area contributed by atoms with Crippen molar-refractivity contribution in [2.45, 2.75) is 6.42 Å². The molecule has 0 bridgehead atoms. The number of benzene rings is 1. The second-order valence-electron chi connectivity index (χ2n) is 3.57. The minimum Gasteiger partial charge on any atom is -0.393 e. The number of thiocarbonyl (C=S) groups is 1. The zero-order chi connectivity index (χ0) is 13.0. The van der Waals surface area contributed by atoms with E-state index in [0.717, 1.165) is 3.57 Å². The fraction of sp³-hybridized carbons (Fsp3) is 0.273. The van der Waals surface area contributed by atoms with Gasteiger partial charge < -0.3 is 10.6 Å². The molecule has 0 atom stereocenters. The molecule has 0 aliphatic rings. The van der Waals surface area contributed by atoms with Gasteiger partial charge in [0.2, 0.25) is 0 Å². The van der Waals surface area contributed by atoms with E-state index in [1.54, 1.807) is 24.1 Å². The lowest BCUT2D eigenvalue weighted by Gasteiger charge is -2.17. The van der Waals surface area contributed by atoms with Gasteiger partial charge in [-0.3, -0.25) is 4.79 Å². The predicted octanol–water partition coefficient (Wildman–Crippen LogP) is 2.69. The molecule has 0 radical (unpaired) electrons. The van der Waals surface area contributed by atoms with E-state index in [9.17, 15) is 4.79 Å². The summed E-state index contributed by atoms with van der Waals surface area (Å²) in [6.45, 7) is 0.511. The summed E-state index contributed by atoms with van der Waals surface area (Å²) in [5, 5.41) is 0.552. The minimum absolute atomic E-state index is 0.0758. The van der Waals surface area contributed by atoms with E-state index in [2.05, 4.69) is 22.6 Å². The first-order valence-electron chi connectivity index (χ1n) is 4.90. The molecule has 0 heterocycles. The van der Waals surface area contributed by atoms with Crippen LogP contribution in [0.4, 0.5) is 0 Å². The SMILES string of the molecule is CN(CCC(N)=S)C(=O)c1cc(Cl)ccc1I. The van der Waals surface area contributed by atoms with Crippen molar-refractivity contribution < 1.29 is 4.79 Å². The second-order valence-corrected chi connectivity index (χ2v) is 5.69. The van der Waals surface area contributed by atoms with Gasteiger partial charge in [-0.05, 0) is 40.8 Å². The summed E-state index contributed by atoms with van der Waals surface area (Å²) in [6, 6.07) is 5.25. The summed E-state index contributed by atoms with van der Waals surface area (Å²) in [5.74, 6) is -0.0758. The van der Waals surface area contributed by atoms with Gasteiger partial charge in [0.15, 0.2) is 0 Å². The van der Waals surface area contributed by atoms with Crippen LogP contribution in [0.3, 0.4) is 0 Å². The zero-order valence-corrected chi connectivity index (χ0v) is 13.0. The number of nitrogens with two attached hydrogens (primary N) is 1. The Morgan fingerprint density at radius 1 is 1.59 bits per heavy atom. The summed E-state index contributed by atoms with van der Waals surface area (Å²) in [4.78, 5) is 14.1. The van der Waals surface area contributed by atoms with Crippen molar-refractivity contribution in [3.63, 3.8) is 0 Å². The van der Waals surface area contributed by atoms with E-state index in [-0.39, 0.29) is 5.91 Å². The average molecular weight is 383 g/mol. The van der Waals surface area contributed by atoms with Crippen molar-refractivity contribution in [2.24, 2.45) is 5.73 Å². The molecule has 0 unspecified atom stereocenters. The molecular formula is C11H12ClIN2OS. The summed E-state index contributed by atoms with van der Waals surface area (Å²) >= 11 is 12.8. The van der Waals surface area contributed by atoms with Crippen LogP contribution in [0, 0.1) is 3.57 Å². The third-order valence-electron chi connectivity index (χ3n) is 2.20. The zero-order valence-electron chi connectivity index (χ0n) is 9.24. The van der Waals surface area contributed by atoms with E-state index in [0.29, 0.717) is 28.5 Å². The van der Waals surface area contributed by atoms with Crippen molar-refractivity contribution in [1.29, 1.82) is 0 Å². The molecule has 1 rings (SSSR count). The van der Waals surface area contributed by atoms with E-state index in [1.165, 1.54) is 0 Å². The van der Waals surface area contributed by atoms with Crippen LogP contribution in [0.15, 0.2) is 18.2 Å². The van der Waals surface area contributed by atoms with Crippen LogP contribution >= 0.6 is 46.4 Å². The van der Waals surface area contributed by atoms with Gasteiger partial charge in [0.1, 0.15) is 0 Å².